The minimum Gasteiger partial charge on any atom is -0.481 e. The van der Waals surface area contributed by atoms with E-state index in [2.05, 4.69) is 10.3 Å². The van der Waals surface area contributed by atoms with Crippen molar-refractivity contribution >= 4 is 23.3 Å². The zero-order valence-electron chi connectivity index (χ0n) is 17.3. The predicted octanol–water partition coefficient (Wildman–Crippen LogP) is 4.66. The number of hydrogen-bond donors (Lipinski definition) is 2. The highest BCUT2D eigenvalue weighted by atomic mass is 16.4. The molecule has 2 N–H and O–H groups in total. The van der Waals surface area contributed by atoms with Gasteiger partial charge in [0.1, 0.15) is 5.82 Å². The SMILES string of the molecule is O=C(O)[C@H]1[C@H](C(=O)Nc2ccccn2)[C@H]2C=C[C@H]1C2=C(c1ccccc1)c1ccccc1. The van der Waals surface area contributed by atoms with Crippen molar-refractivity contribution in [1.29, 1.82) is 0 Å². The van der Waals surface area contributed by atoms with E-state index in [0.29, 0.717) is 5.82 Å². The Hall–Kier alpha value is -3.99. The zero-order chi connectivity index (χ0) is 22.1. The third kappa shape index (κ3) is 3.42. The van der Waals surface area contributed by atoms with Crippen molar-refractivity contribution in [1.82, 2.24) is 4.98 Å². The van der Waals surface area contributed by atoms with Crippen LogP contribution in [0, 0.1) is 23.7 Å². The van der Waals surface area contributed by atoms with E-state index in [-0.39, 0.29) is 17.7 Å². The van der Waals surface area contributed by atoms with E-state index < -0.39 is 17.8 Å². The quantitative estimate of drug-likeness (QED) is 0.587. The lowest BCUT2D eigenvalue weighted by atomic mass is 9.82. The van der Waals surface area contributed by atoms with Gasteiger partial charge in [0.15, 0.2) is 0 Å². The van der Waals surface area contributed by atoms with E-state index in [4.69, 9.17) is 0 Å². The van der Waals surface area contributed by atoms with Crippen molar-refractivity contribution in [3.05, 3.63) is 114 Å². The number of carboxylic acid groups (broad SMARTS) is 1. The Morgan fingerprint density at radius 1 is 0.750 bits per heavy atom. The molecule has 1 heterocycles. The number of aliphatic carboxylic acids is 1. The van der Waals surface area contributed by atoms with Crippen LogP contribution in [0.5, 0.6) is 0 Å². The van der Waals surface area contributed by atoms with Gasteiger partial charge in [-0.15, -0.1) is 0 Å². The second-order valence-corrected chi connectivity index (χ2v) is 8.09. The minimum absolute atomic E-state index is 0.291. The monoisotopic (exact) mass is 422 g/mol. The van der Waals surface area contributed by atoms with Crippen molar-refractivity contribution in [3.63, 3.8) is 0 Å². The van der Waals surface area contributed by atoms with Crippen LogP contribution in [0.4, 0.5) is 5.82 Å². The zero-order valence-corrected chi connectivity index (χ0v) is 17.3. The molecule has 3 aromatic rings. The summed E-state index contributed by atoms with van der Waals surface area (Å²) >= 11 is 0. The Balaban J connectivity index is 1.64. The van der Waals surface area contributed by atoms with Crippen LogP contribution < -0.4 is 5.32 Å². The number of rotatable bonds is 5. The summed E-state index contributed by atoms with van der Waals surface area (Å²) in [4.78, 5) is 29.8. The third-order valence-electron chi connectivity index (χ3n) is 6.32. The summed E-state index contributed by atoms with van der Waals surface area (Å²) in [5.41, 5.74) is 4.03. The number of aromatic nitrogens is 1. The summed E-state index contributed by atoms with van der Waals surface area (Å²) in [5.74, 6) is -3.02. The van der Waals surface area contributed by atoms with Gasteiger partial charge in [-0.1, -0.05) is 78.9 Å². The van der Waals surface area contributed by atoms with Crippen molar-refractivity contribution in [2.45, 2.75) is 0 Å². The van der Waals surface area contributed by atoms with Crippen LogP contribution in [0.15, 0.2) is 103 Å². The number of benzene rings is 2. The number of fused-ring (bicyclic) bond motifs is 2. The summed E-state index contributed by atoms with van der Waals surface area (Å²) < 4.78 is 0. The Morgan fingerprint density at radius 2 is 1.31 bits per heavy atom. The Morgan fingerprint density at radius 3 is 1.84 bits per heavy atom. The maximum atomic E-state index is 13.3. The first-order valence-corrected chi connectivity index (χ1v) is 10.6. The van der Waals surface area contributed by atoms with E-state index in [1.165, 1.54) is 0 Å². The molecular formula is C27H22N2O3. The van der Waals surface area contributed by atoms with E-state index in [9.17, 15) is 14.7 Å². The largest absolute Gasteiger partial charge is 0.481 e. The molecule has 0 unspecified atom stereocenters. The second kappa shape index (κ2) is 8.27. The van der Waals surface area contributed by atoms with Crippen LogP contribution in [0.3, 0.4) is 0 Å². The van der Waals surface area contributed by atoms with Gasteiger partial charge >= 0.3 is 5.97 Å². The van der Waals surface area contributed by atoms with E-state index in [1.807, 2.05) is 72.8 Å². The molecule has 0 radical (unpaired) electrons. The van der Waals surface area contributed by atoms with Crippen molar-refractivity contribution in [2.75, 3.05) is 5.32 Å². The number of amides is 1. The molecule has 1 saturated carbocycles. The van der Waals surface area contributed by atoms with Gasteiger partial charge < -0.3 is 10.4 Å². The highest BCUT2D eigenvalue weighted by molar-refractivity contribution is 5.98. The van der Waals surface area contributed by atoms with Gasteiger partial charge in [-0.2, -0.15) is 0 Å². The molecule has 1 aromatic heterocycles. The van der Waals surface area contributed by atoms with Gasteiger partial charge in [0.2, 0.25) is 5.91 Å². The summed E-state index contributed by atoms with van der Waals surface area (Å²) in [7, 11) is 0. The highest BCUT2D eigenvalue weighted by Crippen LogP contribution is 2.55. The van der Waals surface area contributed by atoms with Crippen LogP contribution in [-0.2, 0) is 9.59 Å². The maximum absolute atomic E-state index is 13.3. The van der Waals surface area contributed by atoms with Crippen LogP contribution in [0.25, 0.3) is 5.57 Å². The number of allylic oxidation sites excluding steroid dienone is 3. The molecule has 4 atom stereocenters. The van der Waals surface area contributed by atoms with Crippen molar-refractivity contribution < 1.29 is 14.7 Å². The lowest BCUT2D eigenvalue weighted by molar-refractivity contribution is -0.146. The molecule has 5 nitrogen and oxygen atoms in total. The molecule has 0 saturated heterocycles. The molecular weight excluding hydrogens is 400 g/mol. The van der Waals surface area contributed by atoms with Gasteiger partial charge in [0, 0.05) is 18.0 Å². The first kappa shape index (κ1) is 19.9. The molecule has 1 fully saturated rings. The van der Waals surface area contributed by atoms with E-state index in [0.717, 1.165) is 22.3 Å². The fourth-order valence-electron chi connectivity index (χ4n) is 5.06. The van der Waals surface area contributed by atoms with Crippen LogP contribution in [0.2, 0.25) is 0 Å². The number of carbonyl (C=O) groups is 2. The first-order chi connectivity index (χ1) is 15.6. The number of carbonyl (C=O) groups excluding carboxylic acids is 1. The Labute approximate surface area is 186 Å². The Kier molecular flexibility index (Phi) is 5.15. The normalized spacial score (nSPS) is 23.2. The van der Waals surface area contributed by atoms with Gasteiger partial charge in [-0.3, -0.25) is 9.59 Å². The predicted molar refractivity (Wildman–Crippen MR) is 123 cm³/mol. The molecule has 32 heavy (non-hydrogen) atoms. The number of nitrogens with one attached hydrogen (secondary N) is 1. The lowest BCUT2D eigenvalue weighted by Gasteiger charge is -2.23. The molecule has 1 amide bonds. The maximum Gasteiger partial charge on any atom is 0.308 e. The van der Waals surface area contributed by atoms with Gasteiger partial charge in [-0.25, -0.2) is 4.98 Å². The number of hydrogen-bond acceptors (Lipinski definition) is 3. The topological polar surface area (TPSA) is 79.3 Å². The number of anilines is 1. The molecule has 2 aliphatic rings. The molecule has 0 spiro atoms. The molecule has 0 aliphatic heterocycles. The molecule has 2 aromatic carbocycles. The molecule has 5 rings (SSSR count). The standard InChI is InChI=1S/C27H22N2O3/c30-26(29-21-13-7-8-16-28-21)24-19-14-15-20(25(24)27(31)32)23(19)22(17-9-3-1-4-10-17)18-11-5-2-6-12-18/h1-16,19-20,24-25H,(H,31,32)(H,28,29,30)/t19-,20-,24+,25+/m0/s1. The molecule has 2 bridgehead atoms. The second-order valence-electron chi connectivity index (χ2n) is 8.09. The fraction of sp³-hybridized carbons (Fsp3) is 0.148. The van der Waals surface area contributed by atoms with Gasteiger partial charge in [0.05, 0.1) is 11.8 Å². The molecule has 5 heteroatoms. The van der Waals surface area contributed by atoms with Crippen molar-refractivity contribution in [3.8, 4) is 0 Å². The number of carboxylic acids is 1. The summed E-state index contributed by atoms with van der Waals surface area (Å²) in [6, 6.07) is 25.2. The first-order valence-electron chi connectivity index (χ1n) is 10.6. The van der Waals surface area contributed by atoms with E-state index >= 15 is 0 Å². The van der Waals surface area contributed by atoms with E-state index in [1.54, 1.807) is 24.4 Å². The summed E-state index contributed by atoms with van der Waals surface area (Å²) in [5, 5.41) is 12.9. The average Bonchev–Trinajstić information content (AvgIpc) is 3.37. The number of nitrogens with zero attached hydrogens (tertiary/aromatic N) is 1. The van der Waals surface area contributed by atoms with Gasteiger partial charge in [0.25, 0.3) is 0 Å². The number of pyridine rings is 1. The smallest absolute Gasteiger partial charge is 0.308 e. The summed E-state index contributed by atoms with van der Waals surface area (Å²) in [6.45, 7) is 0. The highest BCUT2D eigenvalue weighted by Gasteiger charge is 2.55. The third-order valence-corrected chi connectivity index (χ3v) is 6.32. The molecule has 2 aliphatic carbocycles. The Bertz CT molecular complexity index is 1160. The summed E-state index contributed by atoms with van der Waals surface area (Å²) in [6.07, 6.45) is 5.54. The minimum atomic E-state index is -0.957. The average molecular weight is 422 g/mol. The van der Waals surface area contributed by atoms with Crippen LogP contribution in [-0.4, -0.2) is 22.0 Å². The fourth-order valence-corrected chi connectivity index (χ4v) is 5.06. The van der Waals surface area contributed by atoms with Crippen LogP contribution in [0.1, 0.15) is 11.1 Å². The van der Waals surface area contributed by atoms with Crippen LogP contribution >= 0.6 is 0 Å². The lowest BCUT2D eigenvalue weighted by Crippen LogP contribution is -2.36. The van der Waals surface area contributed by atoms with Gasteiger partial charge in [-0.05, 0) is 34.4 Å². The molecule has 158 valence electrons. The van der Waals surface area contributed by atoms with Crippen molar-refractivity contribution in [2.24, 2.45) is 23.7 Å².